The molecule has 0 spiro atoms. The summed E-state index contributed by atoms with van der Waals surface area (Å²) in [5, 5.41) is 14.4. The fourth-order valence-corrected chi connectivity index (χ4v) is 8.53. The number of hydrogen-bond donors (Lipinski definition) is 3. The number of rotatable bonds is 7. The molecule has 4 aliphatic heterocycles. The van der Waals surface area contributed by atoms with Crippen molar-refractivity contribution in [2.45, 2.75) is 64.2 Å². The molecule has 9 rings (SSSR count). The molecule has 2 fully saturated rings. The van der Waals surface area contributed by atoms with Crippen LogP contribution in [0.25, 0.3) is 11.0 Å². The molecule has 1 atom stereocenters. The Balaban J connectivity index is 0.845. The van der Waals surface area contributed by atoms with Crippen molar-refractivity contribution in [1.82, 2.24) is 34.9 Å². The van der Waals surface area contributed by atoms with Crippen LogP contribution in [0.1, 0.15) is 68.7 Å². The zero-order valence-corrected chi connectivity index (χ0v) is 32.3. The number of nitrogens with one attached hydrogen (secondary N) is 3. The van der Waals surface area contributed by atoms with Crippen molar-refractivity contribution in [2.24, 2.45) is 7.05 Å². The molecule has 296 valence electrons. The average molecular weight is 785 g/mol. The molecule has 15 nitrogen and oxygen atoms in total. The molecule has 0 bridgehead atoms. The van der Waals surface area contributed by atoms with Gasteiger partial charge < -0.3 is 20.4 Å². The number of aromatic nitrogens is 4. The van der Waals surface area contributed by atoms with Crippen molar-refractivity contribution in [3.63, 3.8) is 0 Å². The van der Waals surface area contributed by atoms with Crippen molar-refractivity contribution in [3.05, 3.63) is 94.2 Å². The highest BCUT2D eigenvalue weighted by Crippen LogP contribution is 2.36. The number of amides is 5. The van der Waals surface area contributed by atoms with Crippen LogP contribution in [-0.4, -0.2) is 90.4 Å². The minimum absolute atomic E-state index is 0.0313. The Hall–Kier alpha value is -6.71. The number of halogens is 1. The van der Waals surface area contributed by atoms with Crippen molar-refractivity contribution in [1.29, 1.82) is 0 Å². The summed E-state index contributed by atoms with van der Waals surface area (Å²) in [5.74, 6) is -1.80. The molecule has 4 aliphatic rings. The van der Waals surface area contributed by atoms with Crippen LogP contribution >= 0.6 is 0 Å². The summed E-state index contributed by atoms with van der Waals surface area (Å²) in [4.78, 5) is 78.2. The number of imide groups is 2. The lowest BCUT2D eigenvalue weighted by atomic mass is 9.89. The van der Waals surface area contributed by atoms with Gasteiger partial charge in [-0.2, -0.15) is 10.1 Å². The quantitative estimate of drug-likeness (QED) is 0.194. The fraction of sp³-hybridized carbons (Fsp3) is 0.333. The van der Waals surface area contributed by atoms with Gasteiger partial charge in [-0.25, -0.2) is 14.1 Å². The lowest BCUT2D eigenvalue weighted by Crippen LogP contribution is -2.54. The molecule has 2 aromatic heterocycles. The number of aryl methyl sites for hydroxylation is 3. The van der Waals surface area contributed by atoms with Crippen molar-refractivity contribution in [3.8, 4) is 0 Å². The molecule has 3 N–H and O–H groups in total. The zero-order chi connectivity index (χ0) is 40.5. The number of nitrogens with zero attached hydrogens (tertiary/aromatic N) is 7. The Bertz CT molecular complexity index is 2560. The SMILES string of the molecule is Cc1cccc(C)c1Nc1nn(C)c2nc(Nc3ccc4c(c3)CN(C(=O)C3(F)CCN(c5ccc6c(c5)C(=O)N(C5CCC(=O)NC5=O)C6=O)CC3)CC4)ncc12. The molecule has 1 unspecified atom stereocenters. The Morgan fingerprint density at radius 3 is 2.41 bits per heavy atom. The Labute approximate surface area is 332 Å². The second-order valence-electron chi connectivity index (χ2n) is 15.5. The van der Waals surface area contributed by atoms with Crippen LogP contribution in [0, 0.1) is 13.8 Å². The van der Waals surface area contributed by atoms with Crippen molar-refractivity contribution >= 4 is 69.4 Å². The maximum Gasteiger partial charge on any atom is 0.262 e. The highest BCUT2D eigenvalue weighted by atomic mass is 19.1. The molecule has 58 heavy (non-hydrogen) atoms. The minimum atomic E-state index is -2.06. The third-order valence-corrected chi connectivity index (χ3v) is 11.8. The van der Waals surface area contributed by atoms with Gasteiger partial charge in [0.05, 0.1) is 16.5 Å². The van der Waals surface area contributed by atoms with Crippen LogP contribution in [-0.2, 0) is 34.4 Å². The third kappa shape index (κ3) is 6.37. The number of alkyl halides is 1. The van der Waals surface area contributed by atoms with Crippen LogP contribution in [0.4, 0.5) is 33.2 Å². The normalized spacial score (nSPS) is 19.0. The van der Waals surface area contributed by atoms with Gasteiger partial charge in [0, 0.05) is 75.7 Å². The van der Waals surface area contributed by atoms with Gasteiger partial charge in [-0.3, -0.25) is 34.2 Å². The van der Waals surface area contributed by atoms with E-state index in [0.717, 1.165) is 43.9 Å². The average Bonchev–Trinajstić information content (AvgIpc) is 3.65. The number of carbonyl (C=O) groups is 5. The molecule has 2 saturated heterocycles. The van der Waals surface area contributed by atoms with Crippen LogP contribution < -0.4 is 20.9 Å². The molecular weight excluding hydrogens is 744 g/mol. The first-order valence-corrected chi connectivity index (χ1v) is 19.4. The van der Waals surface area contributed by atoms with Gasteiger partial charge in [0.2, 0.25) is 17.8 Å². The number of hydrogen-bond acceptors (Lipinski definition) is 11. The molecule has 0 aliphatic carbocycles. The van der Waals surface area contributed by atoms with E-state index >= 15 is 4.39 Å². The van der Waals surface area contributed by atoms with E-state index in [2.05, 4.69) is 26.0 Å². The minimum Gasteiger partial charge on any atom is -0.371 e. The number of piperidine rings is 2. The summed E-state index contributed by atoms with van der Waals surface area (Å²) in [6, 6.07) is 15.8. The van der Waals surface area contributed by atoms with E-state index in [0.29, 0.717) is 36.1 Å². The lowest BCUT2D eigenvalue weighted by molar-refractivity contribution is -0.146. The number of carbonyl (C=O) groups excluding carboxylic acids is 5. The van der Waals surface area contributed by atoms with Gasteiger partial charge in [-0.15, -0.1) is 0 Å². The van der Waals surface area contributed by atoms with E-state index in [1.54, 1.807) is 34.0 Å². The molecule has 3 aromatic carbocycles. The number of benzene rings is 3. The van der Waals surface area contributed by atoms with E-state index in [-0.39, 0.29) is 56.4 Å². The predicted octanol–water partition coefficient (Wildman–Crippen LogP) is 4.76. The maximum atomic E-state index is 16.5. The highest BCUT2D eigenvalue weighted by molar-refractivity contribution is 6.23. The van der Waals surface area contributed by atoms with Gasteiger partial charge in [0.15, 0.2) is 17.1 Å². The second-order valence-corrected chi connectivity index (χ2v) is 15.5. The highest BCUT2D eigenvalue weighted by Gasteiger charge is 2.47. The van der Waals surface area contributed by atoms with E-state index in [1.807, 2.05) is 62.2 Å². The zero-order valence-electron chi connectivity index (χ0n) is 32.3. The fourth-order valence-electron chi connectivity index (χ4n) is 8.53. The first kappa shape index (κ1) is 36.9. The van der Waals surface area contributed by atoms with Crippen LogP contribution in [0.15, 0.2) is 60.8 Å². The Morgan fingerprint density at radius 2 is 1.66 bits per heavy atom. The third-order valence-electron chi connectivity index (χ3n) is 11.8. The second kappa shape index (κ2) is 14.0. The summed E-state index contributed by atoms with van der Waals surface area (Å²) in [6.45, 7) is 5.20. The van der Waals surface area contributed by atoms with E-state index in [9.17, 15) is 24.0 Å². The van der Waals surface area contributed by atoms with Gasteiger partial charge in [0.25, 0.3) is 17.7 Å². The van der Waals surface area contributed by atoms with Gasteiger partial charge in [-0.05, 0) is 79.3 Å². The summed E-state index contributed by atoms with van der Waals surface area (Å²) in [5.41, 5.74) is 5.47. The lowest BCUT2D eigenvalue weighted by Gasteiger charge is -2.40. The molecular formula is C42H41FN10O5. The van der Waals surface area contributed by atoms with Crippen molar-refractivity contribution < 1.29 is 28.4 Å². The Kier molecular flexibility index (Phi) is 8.93. The van der Waals surface area contributed by atoms with E-state index in [1.165, 1.54) is 0 Å². The van der Waals surface area contributed by atoms with E-state index < -0.39 is 41.2 Å². The number of anilines is 5. The number of para-hydroxylation sites is 1. The van der Waals surface area contributed by atoms with Gasteiger partial charge in [0.1, 0.15) is 6.04 Å². The van der Waals surface area contributed by atoms with E-state index in [4.69, 9.17) is 4.98 Å². The molecule has 16 heteroatoms. The summed E-state index contributed by atoms with van der Waals surface area (Å²) < 4.78 is 18.2. The topological polar surface area (TPSA) is 175 Å². The molecule has 0 saturated carbocycles. The smallest absolute Gasteiger partial charge is 0.262 e. The first-order chi connectivity index (χ1) is 27.9. The van der Waals surface area contributed by atoms with Crippen LogP contribution in [0.5, 0.6) is 0 Å². The van der Waals surface area contributed by atoms with Crippen LogP contribution in [0.3, 0.4) is 0 Å². The molecule has 5 amide bonds. The monoisotopic (exact) mass is 784 g/mol. The summed E-state index contributed by atoms with van der Waals surface area (Å²) in [7, 11) is 1.83. The van der Waals surface area contributed by atoms with Crippen LogP contribution in [0.2, 0.25) is 0 Å². The van der Waals surface area contributed by atoms with Gasteiger partial charge >= 0.3 is 0 Å². The largest absolute Gasteiger partial charge is 0.371 e. The standard InChI is InChI=1S/C42H41FN10O5/c1-23-5-4-6-24(2)34(23)47-35-31-21-44-41(48-36(31)50(3)49-35)45-27-8-7-25-13-16-52(22-26(25)19-27)40(58)42(43)14-17-51(18-15-42)28-9-10-29-30(20-28)39(57)53(38(29)56)32-11-12-33(54)46-37(32)55/h4-10,19-21,32H,11-18,22H2,1-3H3,(H,47,49)(H,44,45,48)(H,46,54,55). The Morgan fingerprint density at radius 1 is 0.897 bits per heavy atom. The molecule has 6 heterocycles. The summed E-state index contributed by atoms with van der Waals surface area (Å²) in [6.07, 6.45) is 2.34. The number of fused-ring (bicyclic) bond motifs is 3. The maximum absolute atomic E-state index is 16.5. The molecule has 5 aromatic rings. The molecule has 0 radical (unpaired) electrons. The van der Waals surface area contributed by atoms with Crippen molar-refractivity contribution in [2.75, 3.05) is 35.2 Å². The predicted molar refractivity (Wildman–Crippen MR) is 213 cm³/mol. The first-order valence-electron chi connectivity index (χ1n) is 19.4. The van der Waals surface area contributed by atoms with Gasteiger partial charge in [-0.1, -0.05) is 24.3 Å². The summed E-state index contributed by atoms with van der Waals surface area (Å²) >= 11 is 0.